The predicted molar refractivity (Wildman–Crippen MR) is 151 cm³/mol. The van der Waals surface area contributed by atoms with Gasteiger partial charge in [-0.1, -0.05) is 37.3 Å². The molecule has 0 saturated carbocycles. The maximum atomic E-state index is 5.72. The van der Waals surface area contributed by atoms with Crippen LogP contribution in [-0.4, -0.2) is 57.9 Å². The molecule has 2 aromatic heterocycles. The number of rotatable bonds is 7. The highest BCUT2D eigenvalue weighted by molar-refractivity contribution is 7.99. The molecule has 2 saturated heterocycles. The van der Waals surface area contributed by atoms with Gasteiger partial charge in [-0.15, -0.1) is 0 Å². The van der Waals surface area contributed by atoms with E-state index in [2.05, 4.69) is 62.8 Å². The number of benzene rings is 1. The van der Waals surface area contributed by atoms with Gasteiger partial charge in [0.15, 0.2) is 10.3 Å². The zero-order valence-electron chi connectivity index (χ0n) is 21.1. The van der Waals surface area contributed by atoms with E-state index in [1.54, 1.807) is 12.4 Å². The van der Waals surface area contributed by atoms with Crippen LogP contribution in [0.25, 0.3) is 0 Å². The number of nitrogens with one attached hydrogen (secondary N) is 2. The van der Waals surface area contributed by atoms with Crippen molar-refractivity contribution in [2.24, 2.45) is 5.92 Å². The van der Waals surface area contributed by atoms with E-state index in [0.717, 1.165) is 63.0 Å². The summed E-state index contributed by atoms with van der Waals surface area (Å²) in [7, 11) is 0. The number of hydrogen-bond acceptors (Lipinski definition) is 8. The van der Waals surface area contributed by atoms with Gasteiger partial charge in [0.05, 0.1) is 0 Å². The molecule has 3 aromatic rings. The number of anilines is 2. The Bertz CT molecular complexity index is 1180. The van der Waals surface area contributed by atoms with Crippen molar-refractivity contribution in [3.05, 3.63) is 60.4 Å². The summed E-state index contributed by atoms with van der Waals surface area (Å²) in [6.45, 7) is 6.47. The van der Waals surface area contributed by atoms with E-state index < -0.39 is 0 Å². The summed E-state index contributed by atoms with van der Waals surface area (Å²) in [5.41, 5.74) is 1.29. The van der Waals surface area contributed by atoms with Gasteiger partial charge in [-0.05, 0) is 67.2 Å². The van der Waals surface area contributed by atoms with Crippen LogP contribution in [0.3, 0.4) is 0 Å². The smallest absolute Gasteiger partial charge is 0.232 e. The summed E-state index contributed by atoms with van der Waals surface area (Å²) in [6, 6.07) is 14.5. The van der Waals surface area contributed by atoms with Crippen LogP contribution in [0.15, 0.2) is 65.0 Å². The van der Waals surface area contributed by atoms with Gasteiger partial charge in [-0.3, -0.25) is 0 Å². The lowest BCUT2D eigenvalue weighted by Gasteiger charge is -2.38. The minimum atomic E-state index is -0.0243. The molecule has 0 spiro atoms. The van der Waals surface area contributed by atoms with Crippen molar-refractivity contribution in [3.8, 4) is 0 Å². The second-order valence-corrected chi connectivity index (χ2v) is 11.2. The summed E-state index contributed by atoms with van der Waals surface area (Å²) < 4.78 is 5.68. The highest BCUT2D eigenvalue weighted by Crippen LogP contribution is 2.34. The fourth-order valence-corrected chi connectivity index (χ4v) is 5.90. The first kappa shape index (κ1) is 25.8. The van der Waals surface area contributed by atoms with Crippen molar-refractivity contribution in [3.63, 3.8) is 0 Å². The van der Waals surface area contributed by atoms with Crippen molar-refractivity contribution in [1.29, 1.82) is 0 Å². The fraction of sp³-hybridized carbons (Fsp3) is 0.444. The minimum absolute atomic E-state index is 0.0243. The largest absolute Gasteiger partial charge is 0.381 e. The second kappa shape index (κ2) is 12.1. The Morgan fingerprint density at radius 3 is 2.68 bits per heavy atom. The first-order chi connectivity index (χ1) is 18.1. The highest BCUT2D eigenvalue weighted by Gasteiger charge is 2.34. The molecule has 0 amide bonds. The topological polar surface area (TPSA) is 88.1 Å². The number of aromatic nitrogens is 4. The maximum absolute atomic E-state index is 5.72. The normalized spacial score (nSPS) is 19.3. The Hall–Kier alpha value is -2.82. The molecule has 8 nitrogen and oxygen atoms in total. The molecule has 194 valence electrons. The Kier molecular flexibility index (Phi) is 8.48. The second-order valence-electron chi connectivity index (χ2n) is 9.78. The van der Waals surface area contributed by atoms with Crippen LogP contribution in [0.1, 0.15) is 38.2 Å². The van der Waals surface area contributed by atoms with Gasteiger partial charge in [0, 0.05) is 56.7 Å². The number of thiocarbonyl (C=S) groups is 1. The van der Waals surface area contributed by atoms with E-state index in [9.17, 15) is 0 Å². The van der Waals surface area contributed by atoms with Crippen LogP contribution in [0, 0.1) is 5.92 Å². The number of hydrogen-bond donors (Lipinski definition) is 2. The molecule has 0 bridgehead atoms. The monoisotopic (exact) mass is 535 g/mol. The number of ether oxygens (including phenoxy) is 1. The molecule has 5 rings (SSSR count). The molecule has 0 radical (unpaired) electrons. The molecule has 0 aliphatic carbocycles. The SMILES string of the molecule is CC1CCCN(c2cc(Sc3ncccn3)nc(NC(=S)NCC3(c4ccccc4)CCOCC3)n2)C1. The first-order valence-corrected chi connectivity index (χ1v) is 14.1. The van der Waals surface area contributed by atoms with Gasteiger partial charge in [-0.25, -0.2) is 15.0 Å². The highest BCUT2D eigenvalue weighted by atomic mass is 32.2. The van der Waals surface area contributed by atoms with Crippen molar-refractivity contribution in [2.45, 2.75) is 48.2 Å². The fourth-order valence-electron chi connectivity index (χ4n) is 5.03. The van der Waals surface area contributed by atoms with Crippen molar-refractivity contribution in [2.75, 3.05) is 43.1 Å². The van der Waals surface area contributed by atoms with E-state index in [1.165, 1.54) is 23.7 Å². The van der Waals surface area contributed by atoms with E-state index in [4.69, 9.17) is 26.9 Å². The third kappa shape index (κ3) is 6.74. The van der Waals surface area contributed by atoms with Crippen molar-refractivity contribution in [1.82, 2.24) is 25.3 Å². The van der Waals surface area contributed by atoms with Gasteiger partial charge in [-0.2, -0.15) is 4.98 Å². The van der Waals surface area contributed by atoms with Gasteiger partial charge >= 0.3 is 0 Å². The molecule has 2 fully saturated rings. The standard InChI is InChI=1S/C27H33N7OS2/c1-20-7-5-14-34(18-20)22-17-23(37-26-28-12-6-13-29-26)32-24(31-22)33-25(36)30-19-27(10-15-35-16-11-27)21-8-3-2-4-9-21/h2-4,6,8-9,12-13,17,20H,5,7,10-11,14-16,18-19H2,1H3,(H2,30,31,32,33,36). The number of piperidine rings is 1. The molecule has 10 heteroatoms. The van der Waals surface area contributed by atoms with Crippen molar-refractivity contribution < 1.29 is 4.74 Å². The molecule has 37 heavy (non-hydrogen) atoms. The van der Waals surface area contributed by atoms with E-state index in [0.29, 0.717) is 22.1 Å². The lowest BCUT2D eigenvalue weighted by molar-refractivity contribution is 0.0515. The summed E-state index contributed by atoms with van der Waals surface area (Å²) in [4.78, 5) is 20.6. The van der Waals surface area contributed by atoms with Gasteiger partial charge in [0.25, 0.3) is 0 Å². The molecule has 1 unspecified atom stereocenters. The van der Waals surface area contributed by atoms with Crippen molar-refractivity contribution >= 4 is 40.9 Å². The van der Waals surface area contributed by atoms with Gasteiger partial charge in [0.2, 0.25) is 5.95 Å². The van der Waals surface area contributed by atoms with E-state index >= 15 is 0 Å². The molecule has 2 N–H and O–H groups in total. The van der Waals surface area contributed by atoms with E-state index in [1.807, 2.05) is 12.1 Å². The zero-order valence-corrected chi connectivity index (χ0v) is 22.7. The Morgan fingerprint density at radius 2 is 1.92 bits per heavy atom. The zero-order chi connectivity index (χ0) is 25.5. The average molecular weight is 536 g/mol. The Morgan fingerprint density at radius 1 is 1.14 bits per heavy atom. The summed E-state index contributed by atoms with van der Waals surface area (Å²) in [5, 5.41) is 8.65. The third-order valence-electron chi connectivity index (χ3n) is 7.06. The maximum Gasteiger partial charge on any atom is 0.232 e. The lowest BCUT2D eigenvalue weighted by Crippen LogP contribution is -2.45. The molecular formula is C27H33N7OS2. The summed E-state index contributed by atoms with van der Waals surface area (Å²) >= 11 is 7.14. The first-order valence-electron chi connectivity index (χ1n) is 12.9. The molecule has 1 aromatic carbocycles. The van der Waals surface area contributed by atoms with Crippen LogP contribution < -0.4 is 15.5 Å². The van der Waals surface area contributed by atoms with Gasteiger partial charge in [0.1, 0.15) is 10.8 Å². The summed E-state index contributed by atoms with van der Waals surface area (Å²) in [5.74, 6) is 2.01. The van der Waals surface area contributed by atoms with Crippen LogP contribution in [0.4, 0.5) is 11.8 Å². The van der Waals surface area contributed by atoms with Gasteiger partial charge < -0.3 is 20.3 Å². The molecule has 4 heterocycles. The number of nitrogens with zero attached hydrogens (tertiary/aromatic N) is 5. The Labute approximate surface area is 228 Å². The Balaban J connectivity index is 1.33. The molecular weight excluding hydrogens is 502 g/mol. The van der Waals surface area contributed by atoms with Crippen LogP contribution in [0.5, 0.6) is 0 Å². The third-order valence-corrected chi connectivity index (χ3v) is 8.11. The van der Waals surface area contributed by atoms with Crippen LogP contribution in [0.2, 0.25) is 0 Å². The van der Waals surface area contributed by atoms with Crippen LogP contribution in [-0.2, 0) is 10.2 Å². The quantitative estimate of drug-likeness (QED) is 0.252. The predicted octanol–water partition coefficient (Wildman–Crippen LogP) is 4.69. The summed E-state index contributed by atoms with van der Waals surface area (Å²) in [6.07, 6.45) is 7.77. The average Bonchev–Trinajstić information content (AvgIpc) is 2.93. The van der Waals surface area contributed by atoms with E-state index in [-0.39, 0.29) is 5.41 Å². The molecule has 2 aliphatic rings. The lowest BCUT2D eigenvalue weighted by atomic mass is 9.74. The van der Waals surface area contributed by atoms with Crippen LogP contribution >= 0.6 is 24.0 Å². The molecule has 2 aliphatic heterocycles. The molecule has 1 atom stereocenters. The minimum Gasteiger partial charge on any atom is -0.381 e.